The molecule has 0 rings (SSSR count). The highest BCUT2D eigenvalue weighted by Crippen LogP contribution is 2.01. The van der Waals surface area contributed by atoms with Crippen molar-refractivity contribution in [3.63, 3.8) is 0 Å². The lowest BCUT2D eigenvalue weighted by atomic mass is 10.2. The first kappa shape index (κ1) is 12.3. The molecule has 0 radical (unpaired) electrons. The van der Waals surface area contributed by atoms with Crippen molar-refractivity contribution in [2.75, 3.05) is 6.61 Å². The second-order valence-electron chi connectivity index (χ2n) is 3.15. The summed E-state index contributed by atoms with van der Waals surface area (Å²) in [6.07, 6.45) is 13.5. The molecule has 0 unspecified atom stereocenters. The summed E-state index contributed by atoms with van der Waals surface area (Å²) in [4.78, 5) is 0. The van der Waals surface area contributed by atoms with Crippen molar-refractivity contribution >= 4 is 0 Å². The Kier molecular flexibility index (Phi) is 10.7. The molecule has 0 bridgehead atoms. The fourth-order valence-electron chi connectivity index (χ4n) is 1.12. The largest absolute Gasteiger partial charge is 0.502 e. The molecule has 0 saturated heterocycles. The summed E-state index contributed by atoms with van der Waals surface area (Å²) < 4.78 is 5.01. The van der Waals surface area contributed by atoms with Crippen LogP contribution in [0.5, 0.6) is 0 Å². The molecule has 0 N–H and O–H groups in total. The normalized spacial score (nSPS) is 10.5. The molecule has 0 aliphatic rings. The Balaban J connectivity index is 2.98. The van der Waals surface area contributed by atoms with Gasteiger partial charge in [0.25, 0.3) is 0 Å². The zero-order valence-corrected chi connectivity index (χ0v) is 8.80. The molecule has 0 amide bonds. The van der Waals surface area contributed by atoms with E-state index in [1.165, 1.54) is 31.9 Å². The molecule has 0 aromatic heterocycles. The van der Waals surface area contributed by atoms with Gasteiger partial charge in [0.2, 0.25) is 0 Å². The third-order valence-electron chi connectivity index (χ3n) is 1.89. The Bertz CT molecular complexity index is 127. The van der Waals surface area contributed by atoms with Gasteiger partial charge in [0, 0.05) is 0 Å². The maximum absolute atomic E-state index is 5.01. The number of hydrogen-bond donors (Lipinski definition) is 0. The highest BCUT2D eigenvalue weighted by Gasteiger charge is 1.83. The minimum absolute atomic E-state index is 0.794. The SMILES string of the molecule is C=COCCC/C=C/CCCCC. The van der Waals surface area contributed by atoms with Gasteiger partial charge >= 0.3 is 0 Å². The van der Waals surface area contributed by atoms with Gasteiger partial charge in [0.1, 0.15) is 0 Å². The third-order valence-corrected chi connectivity index (χ3v) is 1.89. The fourth-order valence-corrected chi connectivity index (χ4v) is 1.12. The summed E-state index contributed by atoms with van der Waals surface area (Å²) in [5, 5.41) is 0. The van der Waals surface area contributed by atoms with Crippen LogP contribution in [0.15, 0.2) is 25.0 Å². The molecule has 0 fully saturated rings. The molecule has 0 aliphatic heterocycles. The molecule has 0 aromatic carbocycles. The lowest BCUT2D eigenvalue weighted by molar-refractivity contribution is 0.247. The van der Waals surface area contributed by atoms with E-state index in [1.54, 1.807) is 0 Å². The number of allylic oxidation sites excluding steroid dienone is 2. The van der Waals surface area contributed by atoms with Crippen LogP contribution >= 0.6 is 0 Å². The zero-order valence-electron chi connectivity index (χ0n) is 8.80. The van der Waals surface area contributed by atoms with Crippen LogP contribution in [0, 0.1) is 0 Å². The van der Waals surface area contributed by atoms with E-state index in [1.807, 2.05) is 0 Å². The molecule has 0 atom stereocenters. The minimum atomic E-state index is 0.794. The number of ether oxygens (including phenoxy) is 1. The van der Waals surface area contributed by atoms with Crippen molar-refractivity contribution in [2.45, 2.75) is 45.4 Å². The van der Waals surface area contributed by atoms with E-state index in [9.17, 15) is 0 Å². The molecule has 1 heteroatoms. The first-order valence-electron chi connectivity index (χ1n) is 5.29. The molecule has 0 saturated carbocycles. The van der Waals surface area contributed by atoms with Crippen molar-refractivity contribution < 1.29 is 4.74 Å². The average Bonchev–Trinajstić information content (AvgIpc) is 2.16. The summed E-state index contributed by atoms with van der Waals surface area (Å²) in [5.41, 5.74) is 0. The summed E-state index contributed by atoms with van der Waals surface area (Å²) in [6.45, 7) is 6.52. The van der Waals surface area contributed by atoms with Gasteiger partial charge in [-0.05, 0) is 25.7 Å². The quantitative estimate of drug-likeness (QED) is 0.297. The van der Waals surface area contributed by atoms with E-state index in [0.717, 1.165) is 19.4 Å². The van der Waals surface area contributed by atoms with Gasteiger partial charge in [0.15, 0.2) is 0 Å². The van der Waals surface area contributed by atoms with Crippen molar-refractivity contribution in [1.29, 1.82) is 0 Å². The topological polar surface area (TPSA) is 9.23 Å². The summed E-state index contributed by atoms with van der Waals surface area (Å²) >= 11 is 0. The van der Waals surface area contributed by atoms with E-state index in [-0.39, 0.29) is 0 Å². The standard InChI is InChI=1S/C12H22O/c1-3-5-6-7-8-9-10-11-12-13-4-2/h4,8-9H,2-3,5-7,10-12H2,1H3/b9-8+. The summed E-state index contributed by atoms with van der Waals surface area (Å²) in [5.74, 6) is 0. The Morgan fingerprint density at radius 2 is 1.77 bits per heavy atom. The molecular formula is C12H22O. The van der Waals surface area contributed by atoms with Gasteiger partial charge in [-0.1, -0.05) is 38.5 Å². The molecular weight excluding hydrogens is 160 g/mol. The molecule has 0 heterocycles. The van der Waals surface area contributed by atoms with Crippen LogP contribution in [0.1, 0.15) is 45.4 Å². The molecule has 13 heavy (non-hydrogen) atoms. The first-order valence-corrected chi connectivity index (χ1v) is 5.29. The van der Waals surface area contributed by atoms with E-state index in [2.05, 4.69) is 25.7 Å². The van der Waals surface area contributed by atoms with E-state index < -0.39 is 0 Å². The van der Waals surface area contributed by atoms with Crippen LogP contribution in [0.3, 0.4) is 0 Å². The first-order chi connectivity index (χ1) is 6.41. The monoisotopic (exact) mass is 182 g/mol. The second-order valence-corrected chi connectivity index (χ2v) is 3.15. The third kappa shape index (κ3) is 11.3. The molecule has 0 aliphatic carbocycles. The maximum atomic E-state index is 5.01. The Morgan fingerprint density at radius 1 is 1.08 bits per heavy atom. The van der Waals surface area contributed by atoms with Crippen molar-refractivity contribution in [3.05, 3.63) is 25.0 Å². The lowest BCUT2D eigenvalue weighted by Crippen LogP contribution is -1.84. The number of rotatable bonds is 9. The molecule has 76 valence electrons. The van der Waals surface area contributed by atoms with Crippen LogP contribution in [0.2, 0.25) is 0 Å². The van der Waals surface area contributed by atoms with Gasteiger partial charge in [-0.25, -0.2) is 0 Å². The highest BCUT2D eigenvalue weighted by atomic mass is 16.5. The Hall–Kier alpha value is -0.720. The van der Waals surface area contributed by atoms with Crippen LogP contribution in [0.25, 0.3) is 0 Å². The van der Waals surface area contributed by atoms with E-state index in [0.29, 0.717) is 0 Å². The molecule has 0 aromatic rings. The molecule has 0 spiro atoms. The zero-order chi connectivity index (χ0) is 9.78. The van der Waals surface area contributed by atoms with Gasteiger partial charge in [0.05, 0.1) is 12.9 Å². The van der Waals surface area contributed by atoms with Crippen molar-refractivity contribution in [1.82, 2.24) is 0 Å². The average molecular weight is 182 g/mol. The summed E-state index contributed by atoms with van der Waals surface area (Å²) in [7, 11) is 0. The van der Waals surface area contributed by atoms with Crippen LogP contribution in [0.4, 0.5) is 0 Å². The van der Waals surface area contributed by atoms with E-state index in [4.69, 9.17) is 4.74 Å². The Labute approximate surface area is 82.5 Å². The Morgan fingerprint density at radius 3 is 2.38 bits per heavy atom. The van der Waals surface area contributed by atoms with Crippen LogP contribution in [-0.2, 0) is 4.74 Å². The van der Waals surface area contributed by atoms with Crippen LogP contribution in [-0.4, -0.2) is 6.61 Å². The number of unbranched alkanes of at least 4 members (excludes halogenated alkanes) is 4. The maximum Gasteiger partial charge on any atom is 0.0875 e. The fraction of sp³-hybridized carbons (Fsp3) is 0.667. The minimum Gasteiger partial charge on any atom is -0.502 e. The van der Waals surface area contributed by atoms with Crippen molar-refractivity contribution in [3.8, 4) is 0 Å². The summed E-state index contributed by atoms with van der Waals surface area (Å²) in [6, 6.07) is 0. The smallest absolute Gasteiger partial charge is 0.0875 e. The van der Waals surface area contributed by atoms with Gasteiger partial charge < -0.3 is 4.74 Å². The van der Waals surface area contributed by atoms with Gasteiger partial charge in [-0.15, -0.1) is 0 Å². The van der Waals surface area contributed by atoms with E-state index >= 15 is 0 Å². The van der Waals surface area contributed by atoms with Gasteiger partial charge in [-0.2, -0.15) is 0 Å². The van der Waals surface area contributed by atoms with Crippen LogP contribution < -0.4 is 0 Å². The molecule has 1 nitrogen and oxygen atoms in total. The predicted molar refractivity (Wildman–Crippen MR) is 58.7 cm³/mol. The lowest BCUT2D eigenvalue weighted by Gasteiger charge is -1.96. The van der Waals surface area contributed by atoms with Crippen molar-refractivity contribution in [2.24, 2.45) is 0 Å². The van der Waals surface area contributed by atoms with Gasteiger partial charge in [-0.3, -0.25) is 0 Å². The number of hydrogen-bond acceptors (Lipinski definition) is 1. The predicted octanol–water partition coefficient (Wildman–Crippen LogP) is 4.06. The highest BCUT2D eigenvalue weighted by molar-refractivity contribution is 4.81. The second kappa shape index (κ2) is 11.3.